The van der Waals surface area contributed by atoms with Crippen molar-refractivity contribution < 1.29 is 13.9 Å². The van der Waals surface area contributed by atoms with E-state index < -0.39 is 11.8 Å². The molecule has 0 spiro atoms. The van der Waals surface area contributed by atoms with Crippen LogP contribution in [0, 0.1) is 24.1 Å². The molecule has 0 aliphatic rings. The van der Waals surface area contributed by atoms with Gasteiger partial charge in [-0.15, -0.1) is 0 Å². The van der Waals surface area contributed by atoms with Gasteiger partial charge in [0.15, 0.2) is 0 Å². The van der Waals surface area contributed by atoms with E-state index in [0.717, 1.165) is 0 Å². The van der Waals surface area contributed by atoms with Crippen molar-refractivity contribution in [2.75, 3.05) is 6.61 Å². The molecule has 0 radical (unpaired) electrons. The normalized spacial score (nSPS) is 9.62. The molecule has 0 saturated carbocycles. The smallest absolute Gasteiger partial charge is 0.310 e. The fourth-order valence-corrected chi connectivity index (χ4v) is 1.41. The van der Waals surface area contributed by atoms with Crippen LogP contribution in [0.25, 0.3) is 0 Å². The van der Waals surface area contributed by atoms with Gasteiger partial charge in [0.2, 0.25) is 0 Å². The molecule has 0 aliphatic carbocycles. The van der Waals surface area contributed by atoms with Gasteiger partial charge >= 0.3 is 5.97 Å². The zero-order valence-electron chi connectivity index (χ0n) is 9.21. The molecule has 84 valence electrons. The number of carbonyl (C=O) groups excluding carboxylic acids is 1. The van der Waals surface area contributed by atoms with Gasteiger partial charge in [0.05, 0.1) is 24.7 Å². The lowest BCUT2D eigenvalue weighted by Gasteiger charge is -2.06. The minimum absolute atomic E-state index is 0.103. The van der Waals surface area contributed by atoms with E-state index in [2.05, 4.69) is 0 Å². The van der Waals surface area contributed by atoms with Crippen molar-refractivity contribution in [1.82, 2.24) is 0 Å². The van der Waals surface area contributed by atoms with Gasteiger partial charge in [0.1, 0.15) is 5.82 Å². The predicted octanol–water partition coefficient (Wildman–Crippen LogP) is 2.11. The Labute approximate surface area is 93.5 Å². The van der Waals surface area contributed by atoms with Crippen LogP contribution < -0.4 is 0 Å². The molecule has 0 heterocycles. The van der Waals surface area contributed by atoms with Gasteiger partial charge in [0, 0.05) is 5.56 Å². The van der Waals surface area contributed by atoms with Crippen molar-refractivity contribution in [3.8, 4) is 6.07 Å². The number of ether oxygens (including phenoxy) is 1. The highest BCUT2D eigenvalue weighted by molar-refractivity contribution is 5.73. The van der Waals surface area contributed by atoms with Crippen LogP contribution in [0.3, 0.4) is 0 Å². The highest BCUT2D eigenvalue weighted by Gasteiger charge is 2.14. The number of hydrogen-bond acceptors (Lipinski definition) is 3. The molecule has 0 bridgehead atoms. The van der Waals surface area contributed by atoms with Crippen LogP contribution in [-0.4, -0.2) is 12.6 Å². The SMILES string of the molecule is CCOC(=O)Cc1c(F)cc(C)cc1C#N. The third-order valence-corrected chi connectivity index (χ3v) is 2.09. The largest absolute Gasteiger partial charge is 0.466 e. The first-order chi connectivity index (χ1) is 7.58. The molecule has 0 amide bonds. The van der Waals surface area contributed by atoms with Gasteiger partial charge in [-0.2, -0.15) is 5.26 Å². The summed E-state index contributed by atoms with van der Waals surface area (Å²) in [5.41, 5.74) is 0.943. The summed E-state index contributed by atoms with van der Waals surface area (Å²) in [5, 5.41) is 8.84. The van der Waals surface area contributed by atoms with E-state index in [1.807, 2.05) is 6.07 Å². The Morgan fingerprint density at radius 3 is 2.81 bits per heavy atom. The topological polar surface area (TPSA) is 50.1 Å². The Kier molecular flexibility index (Phi) is 4.01. The number of nitriles is 1. The molecule has 0 N–H and O–H groups in total. The van der Waals surface area contributed by atoms with Crippen molar-refractivity contribution in [1.29, 1.82) is 5.26 Å². The van der Waals surface area contributed by atoms with Gasteiger partial charge in [-0.25, -0.2) is 4.39 Å². The van der Waals surface area contributed by atoms with Crippen LogP contribution in [0.1, 0.15) is 23.6 Å². The minimum atomic E-state index is -0.537. The maximum atomic E-state index is 13.5. The van der Waals surface area contributed by atoms with E-state index in [1.165, 1.54) is 6.07 Å². The summed E-state index contributed by atoms with van der Waals surface area (Å²) < 4.78 is 18.3. The van der Waals surface area contributed by atoms with Crippen LogP contribution in [0.5, 0.6) is 0 Å². The first kappa shape index (κ1) is 12.2. The summed E-state index contributed by atoms with van der Waals surface area (Å²) >= 11 is 0. The van der Waals surface area contributed by atoms with Crippen LogP contribution in [0.15, 0.2) is 12.1 Å². The minimum Gasteiger partial charge on any atom is -0.466 e. The monoisotopic (exact) mass is 221 g/mol. The summed E-state index contributed by atoms with van der Waals surface area (Å²) in [7, 11) is 0. The third-order valence-electron chi connectivity index (χ3n) is 2.09. The van der Waals surface area contributed by atoms with Crippen LogP contribution in [0.2, 0.25) is 0 Å². The van der Waals surface area contributed by atoms with E-state index in [0.29, 0.717) is 5.56 Å². The maximum Gasteiger partial charge on any atom is 0.310 e. The van der Waals surface area contributed by atoms with Crippen molar-refractivity contribution in [3.63, 3.8) is 0 Å². The second-order valence-corrected chi connectivity index (χ2v) is 3.37. The van der Waals surface area contributed by atoms with Crippen molar-refractivity contribution in [2.24, 2.45) is 0 Å². The molecular formula is C12H12FNO2. The van der Waals surface area contributed by atoms with E-state index in [-0.39, 0.29) is 24.2 Å². The first-order valence-electron chi connectivity index (χ1n) is 4.93. The zero-order valence-corrected chi connectivity index (χ0v) is 9.21. The van der Waals surface area contributed by atoms with Crippen molar-refractivity contribution in [3.05, 3.63) is 34.6 Å². The fourth-order valence-electron chi connectivity index (χ4n) is 1.41. The van der Waals surface area contributed by atoms with E-state index in [9.17, 15) is 9.18 Å². The van der Waals surface area contributed by atoms with Crippen LogP contribution in [-0.2, 0) is 16.0 Å². The maximum absolute atomic E-state index is 13.5. The lowest BCUT2D eigenvalue weighted by atomic mass is 10.0. The molecule has 16 heavy (non-hydrogen) atoms. The summed E-state index contributed by atoms with van der Waals surface area (Å²) in [6.45, 7) is 3.61. The lowest BCUT2D eigenvalue weighted by Crippen LogP contribution is -2.10. The molecule has 1 aromatic rings. The van der Waals surface area contributed by atoms with Crippen LogP contribution >= 0.6 is 0 Å². The molecule has 0 atom stereocenters. The number of benzene rings is 1. The van der Waals surface area contributed by atoms with Crippen molar-refractivity contribution >= 4 is 5.97 Å². The molecule has 3 nitrogen and oxygen atoms in total. The number of halogens is 1. The molecular weight excluding hydrogens is 209 g/mol. The quantitative estimate of drug-likeness (QED) is 0.734. The van der Waals surface area contributed by atoms with E-state index in [1.54, 1.807) is 19.9 Å². The first-order valence-corrected chi connectivity index (χ1v) is 4.93. The number of aryl methyl sites for hydroxylation is 1. The molecule has 0 aromatic heterocycles. The summed E-state index contributed by atoms with van der Waals surface area (Å²) in [5.74, 6) is -1.06. The number of carbonyl (C=O) groups is 1. The van der Waals surface area contributed by atoms with Gasteiger partial charge < -0.3 is 4.74 Å². The average molecular weight is 221 g/mol. The predicted molar refractivity (Wildman–Crippen MR) is 56.2 cm³/mol. The molecule has 4 heteroatoms. The highest BCUT2D eigenvalue weighted by Crippen LogP contribution is 2.16. The Bertz CT molecular complexity index is 449. The second-order valence-electron chi connectivity index (χ2n) is 3.37. The summed E-state index contributed by atoms with van der Waals surface area (Å²) in [4.78, 5) is 11.2. The Balaban J connectivity index is 3.04. The summed E-state index contributed by atoms with van der Waals surface area (Å²) in [6.07, 6.45) is -0.206. The van der Waals surface area contributed by atoms with Crippen LogP contribution in [0.4, 0.5) is 4.39 Å². The second kappa shape index (κ2) is 5.26. The van der Waals surface area contributed by atoms with E-state index in [4.69, 9.17) is 10.00 Å². The number of hydrogen-bond donors (Lipinski definition) is 0. The standard InChI is InChI=1S/C12H12FNO2/c1-3-16-12(15)6-10-9(7-14)4-8(2)5-11(10)13/h4-5H,3,6H2,1-2H3. The number of rotatable bonds is 3. The lowest BCUT2D eigenvalue weighted by molar-refractivity contribution is -0.142. The molecule has 0 saturated heterocycles. The average Bonchev–Trinajstić information content (AvgIpc) is 2.22. The number of esters is 1. The Hall–Kier alpha value is -1.89. The van der Waals surface area contributed by atoms with E-state index >= 15 is 0 Å². The summed E-state index contributed by atoms with van der Waals surface area (Å²) in [6, 6.07) is 4.73. The molecule has 0 fully saturated rings. The van der Waals surface area contributed by atoms with Gasteiger partial charge in [0.25, 0.3) is 0 Å². The van der Waals surface area contributed by atoms with Gasteiger partial charge in [-0.3, -0.25) is 4.79 Å². The third kappa shape index (κ3) is 2.80. The van der Waals surface area contributed by atoms with Crippen molar-refractivity contribution in [2.45, 2.75) is 20.3 Å². The fraction of sp³-hybridized carbons (Fsp3) is 0.333. The Morgan fingerprint density at radius 1 is 1.56 bits per heavy atom. The molecule has 0 aliphatic heterocycles. The Morgan fingerprint density at radius 2 is 2.25 bits per heavy atom. The highest BCUT2D eigenvalue weighted by atomic mass is 19.1. The van der Waals surface area contributed by atoms with Gasteiger partial charge in [-0.1, -0.05) is 0 Å². The number of nitrogens with zero attached hydrogens (tertiary/aromatic N) is 1. The zero-order chi connectivity index (χ0) is 12.1. The molecule has 0 unspecified atom stereocenters. The molecule has 1 rings (SSSR count). The van der Waals surface area contributed by atoms with Gasteiger partial charge in [-0.05, 0) is 31.5 Å². The molecule has 1 aromatic carbocycles.